The Balaban J connectivity index is 4.39. The van der Waals surface area contributed by atoms with Gasteiger partial charge in [-0.25, -0.2) is 13.2 Å². The second-order valence-corrected chi connectivity index (χ2v) is 4.31. The fourth-order valence-corrected chi connectivity index (χ4v) is 0.836. The van der Waals surface area contributed by atoms with Crippen LogP contribution < -0.4 is 0 Å². The quantitative estimate of drug-likeness (QED) is 0.541. The Bertz CT molecular complexity index is 254. The lowest BCUT2D eigenvalue weighted by molar-refractivity contribution is -0.142. The highest BCUT2D eigenvalue weighted by atomic mass is 19.2. The topological polar surface area (TPSA) is 26.3 Å². The molecule has 0 aromatic carbocycles. The van der Waals surface area contributed by atoms with Crippen molar-refractivity contribution in [1.29, 1.82) is 0 Å². The van der Waals surface area contributed by atoms with Crippen molar-refractivity contribution in [1.82, 2.24) is 0 Å². The van der Waals surface area contributed by atoms with Crippen LogP contribution in [-0.2, 0) is 9.53 Å². The Morgan fingerprint density at radius 2 is 1.73 bits per heavy atom. The molecule has 5 heteroatoms. The van der Waals surface area contributed by atoms with E-state index in [1.807, 2.05) is 0 Å². The van der Waals surface area contributed by atoms with Gasteiger partial charge in [-0.05, 0) is 5.41 Å². The molecule has 0 rings (SSSR count). The Hall–Kier alpha value is -1.00. The molecule has 0 saturated carbocycles. The van der Waals surface area contributed by atoms with Crippen LogP contribution in [-0.4, -0.2) is 19.3 Å². The number of ether oxygens (including phenoxy) is 1. The zero-order valence-corrected chi connectivity index (χ0v) is 9.07. The predicted molar refractivity (Wildman–Crippen MR) is 50.2 cm³/mol. The number of esters is 1. The van der Waals surface area contributed by atoms with E-state index in [0.717, 1.165) is 0 Å². The highest BCUT2D eigenvalue weighted by molar-refractivity contribution is 5.71. The molecule has 0 N–H and O–H groups in total. The van der Waals surface area contributed by atoms with Crippen LogP contribution in [0.5, 0.6) is 0 Å². The molecule has 0 heterocycles. The van der Waals surface area contributed by atoms with Gasteiger partial charge in [0.25, 0.3) is 0 Å². The van der Waals surface area contributed by atoms with E-state index in [0.29, 0.717) is 0 Å². The largest absolute Gasteiger partial charge is 0.425 e. The number of allylic oxidation sites excluding steroid dienone is 2. The average molecular weight is 224 g/mol. The number of carbonyl (C=O) groups is 1. The molecule has 2 nitrogen and oxygen atoms in total. The highest BCUT2D eigenvalue weighted by Crippen LogP contribution is 2.20. The zero-order valence-electron chi connectivity index (χ0n) is 9.07. The maximum absolute atomic E-state index is 12.6. The van der Waals surface area contributed by atoms with Crippen molar-refractivity contribution >= 4 is 5.97 Å². The van der Waals surface area contributed by atoms with Gasteiger partial charge in [-0.2, -0.15) is 0 Å². The van der Waals surface area contributed by atoms with Crippen molar-refractivity contribution in [3.8, 4) is 0 Å². The summed E-state index contributed by atoms with van der Waals surface area (Å²) in [5, 5.41) is 0. The standard InChI is InChI=1S/C10H15F3O2/c1-10(2,3)4-9(14)15-8(6-12)7(13)5-11/h4-6H2,1-3H3/b8-7-. The molecule has 0 spiro atoms. The van der Waals surface area contributed by atoms with Crippen LogP contribution in [0.2, 0.25) is 0 Å². The third kappa shape index (κ3) is 6.14. The van der Waals surface area contributed by atoms with Crippen molar-refractivity contribution in [2.45, 2.75) is 27.2 Å². The van der Waals surface area contributed by atoms with Crippen LogP contribution in [0.4, 0.5) is 13.2 Å². The van der Waals surface area contributed by atoms with Crippen LogP contribution in [0.25, 0.3) is 0 Å². The van der Waals surface area contributed by atoms with Crippen LogP contribution >= 0.6 is 0 Å². The normalized spacial score (nSPS) is 13.5. The third-order valence-corrected chi connectivity index (χ3v) is 1.45. The minimum Gasteiger partial charge on any atom is -0.425 e. The molecule has 0 aliphatic heterocycles. The molecule has 0 unspecified atom stereocenters. The summed E-state index contributed by atoms with van der Waals surface area (Å²) in [6.07, 6.45) is 0.00999. The molecule has 0 saturated heterocycles. The monoisotopic (exact) mass is 224 g/mol. The highest BCUT2D eigenvalue weighted by Gasteiger charge is 2.20. The zero-order chi connectivity index (χ0) is 12.1. The van der Waals surface area contributed by atoms with Crippen LogP contribution in [0.3, 0.4) is 0 Å². The Morgan fingerprint density at radius 3 is 2.07 bits per heavy atom. The van der Waals surface area contributed by atoms with Crippen LogP contribution in [0.1, 0.15) is 27.2 Å². The van der Waals surface area contributed by atoms with Crippen molar-refractivity contribution in [3.63, 3.8) is 0 Å². The first-order chi connectivity index (χ1) is 6.80. The molecule has 0 aliphatic rings. The Labute approximate surface area is 87.1 Å². The van der Waals surface area contributed by atoms with E-state index in [4.69, 9.17) is 0 Å². The number of carbonyl (C=O) groups excluding carboxylic acids is 1. The van der Waals surface area contributed by atoms with Crippen molar-refractivity contribution in [2.75, 3.05) is 13.3 Å². The second-order valence-electron chi connectivity index (χ2n) is 4.31. The number of alkyl halides is 2. The SMILES string of the molecule is CC(C)(C)CC(=O)O/C(CF)=C(\F)CF. The molecule has 0 aromatic heterocycles. The molecule has 15 heavy (non-hydrogen) atoms. The van der Waals surface area contributed by atoms with Crippen LogP contribution in [0, 0.1) is 5.41 Å². The molecule has 0 amide bonds. The van der Waals surface area contributed by atoms with Gasteiger partial charge in [0.15, 0.2) is 18.3 Å². The number of rotatable bonds is 4. The molecular formula is C10H15F3O2. The number of hydrogen-bond acceptors (Lipinski definition) is 2. The average Bonchev–Trinajstić information content (AvgIpc) is 2.10. The van der Waals surface area contributed by atoms with Crippen molar-refractivity contribution in [2.24, 2.45) is 5.41 Å². The molecule has 0 atom stereocenters. The molecule has 0 bridgehead atoms. The van der Waals surface area contributed by atoms with Gasteiger partial charge < -0.3 is 4.74 Å². The first-order valence-electron chi connectivity index (χ1n) is 4.50. The summed E-state index contributed by atoms with van der Waals surface area (Å²) >= 11 is 0. The van der Waals surface area contributed by atoms with E-state index in [1.54, 1.807) is 20.8 Å². The van der Waals surface area contributed by atoms with Crippen molar-refractivity contribution < 1.29 is 22.7 Å². The summed E-state index contributed by atoms with van der Waals surface area (Å²) in [4.78, 5) is 11.1. The molecule has 88 valence electrons. The Kier molecular flexibility index (Phi) is 5.39. The van der Waals surface area contributed by atoms with Gasteiger partial charge in [-0.1, -0.05) is 20.8 Å². The smallest absolute Gasteiger partial charge is 0.311 e. The number of hydrogen-bond donors (Lipinski definition) is 0. The molecular weight excluding hydrogens is 209 g/mol. The van der Waals surface area contributed by atoms with Gasteiger partial charge in [-0.15, -0.1) is 0 Å². The van der Waals surface area contributed by atoms with Crippen molar-refractivity contribution in [3.05, 3.63) is 11.6 Å². The van der Waals surface area contributed by atoms with Crippen LogP contribution in [0.15, 0.2) is 11.6 Å². The Morgan fingerprint density at radius 1 is 1.20 bits per heavy atom. The van der Waals surface area contributed by atoms with Gasteiger partial charge >= 0.3 is 5.97 Å². The summed E-state index contributed by atoms with van der Waals surface area (Å²) in [5.41, 5.74) is -0.343. The van der Waals surface area contributed by atoms with Gasteiger partial charge in [-0.3, -0.25) is 4.79 Å². The first-order valence-corrected chi connectivity index (χ1v) is 4.50. The summed E-state index contributed by atoms with van der Waals surface area (Å²) in [6, 6.07) is 0. The number of halogens is 3. The van der Waals surface area contributed by atoms with Gasteiger partial charge in [0.1, 0.15) is 6.67 Å². The van der Waals surface area contributed by atoms with E-state index in [2.05, 4.69) is 4.74 Å². The second kappa shape index (κ2) is 5.78. The molecule has 0 fully saturated rings. The fourth-order valence-electron chi connectivity index (χ4n) is 0.836. The summed E-state index contributed by atoms with van der Waals surface area (Å²) < 4.78 is 40.9. The summed E-state index contributed by atoms with van der Waals surface area (Å²) in [6.45, 7) is 2.53. The van der Waals surface area contributed by atoms with E-state index < -0.39 is 30.9 Å². The lowest BCUT2D eigenvalue weighted by atomic mass is 9.92. The van der Waals surface area contributed by atoms with E-state index >= 15 is 0 Å². The fraction of sp³-hybridized carbons (Fsp3) is 0.700. The minimum atomic E-state index is -1.47. The molecule has 0 aromatic rings. The summed E-state index contributed by atoms with van der Waals surface area (Å²) in [5.74, 6) is -3.01. The predicted octanol–water partition coefficient (Wildman–Crippen LogP) is 3.09. The molecule has 0 aliphatic carbocycles. The molecule has 0 radical (unpaired) electrons. The van der Waals surface area contributed by atoms with Gasteiger partial charge in [0, 0.05) is 0 Å². The van der Waals surface area contributed by atoms with E-state index in [1.165, 1.54) is 0 Å². The maximum Gasteiger partial charge on any atom is 0.311 e. The minimum absolute atomic E-state index is 0.00999. The van der Waals surface area contributed by atoms with Gasteiger partial charge in [0.05, 0.1) is 6.42 Å². The summed E-state index contributed by atoms with van der Waals surface area (Å²) in [7, 11) is 0. The lowest BCUT2D eigenvalue weighted by Gasteiger charge is -2.16. The third-order valence-electron chi connectivity index (χ3n) is 1.45. The van der Waals surface area contributed by atoms with Gasteiger partial charge in [0.2, 0.25) is 0 Å². The lowest BCUT2D eigenvalue weighted by Crippen LogP contribution is -2.16. The first kappa shape index (κ1) is 14.0. The van der Waals surface area contributed by atoms with E-state index in [9.17, 15) is 18.0 Å². The maximum atomic E-state index is 12.6. The van der Waals surface area contributed by atoms with E-state index in [-0.39, 0.29) is 11.8 Å².